The second-order valence-corrected chi connectivity index (χ2v) is 8.52. The first-order valence-electron chi connectivity index (χ1n) is 8.54. The van der Waals surface area contributed by atoms with Crippen LogP contribution in [-0.4, -0.2) is 59.5 Å². The summed E-state index contributed by atoms with van der Waals surface area (Å²) >= 11 is 0. The van der Waals surface area contributed by atoms with Crippen molar-refractivity contribution in [3.8, 4) is 0 Å². The number of aromatic nitrogens is 2. The van der Waals surface area contributed by atoms with Crippen molar-refractivity contribution < 1.29 is 26.5 Å². The minimum absolute atomic E-state index is 0.0905. The van der Waals surface area contributed by atoms with Gasteiger partial charge >= 0.3 is 5.51 Å². The maximum Gasteiger partial charge on any atom is 0.501 e. The lowest BCUT2D eigenvalue weighted by molar-refractivity contribution is -0.384. The molecule has 29 heavy (non-hydrogen) atoms. The number of anilines is 1. The quantitative estimate of drug-likeness (QED) is 0.525. The summed E-state index contributed by atoms with van der Waals surface area (Å²) in [6.07, 6.45) is 3.51. The van der Waals surface area contributed by atoms with E-state index < -0.39 is 30.9 Å². The number of aryl methyl sites for hydroxylation is 1. The van der Waals surface area contributed by atoms with E-state index in [9.17, 15) is 31.7 Å². The molecule has 0 unspecified atom stereocenters. The van der Waals surface area contributed by atoms with Crippen LogP contribution in [0, 0.1) is 10.1 Å². The molecular weight excluding hydrogens is 415 g/mol. The molecule has 3 rings (SSSR count). The van der Waals surface area contributed by atoms with Crippen LogP contribution in [0.25, 0.3) is 0 Å². The smallest absolute Gasteiger partial charge is 0.363 e. The van der Waals surface area contributed by atoms with Crippen molar-refractivity contribution in [1.29, 1.82) is 0 Å². The van der Waals surface area contributed by atoms with E-state index in [0.29, 0.717) is 38.8 Å². The monoisotopic (exact) mass is 433 g/mol. The van der Waals surface area contributed by atoms with Gasteiger partial charge in [-0.2, -0.15) is 13.2 Å². The van der Waals surface area contributed by atoms with Gasteiger partial charge in [-0.05, 0) is 12.1 Å². The summed E-state index contributed by atoms with van der Waals surface area (Å²) in [5.74, 6) is 0.867. The van der Waals surface area contributed by atoms with Crippen molar-refractivity contribution in [3.63, 3.8) is 0 Å². The molecule has 0 saturated carbocycles. The molecule has 2 heterocycles. The van der Waals surface area contributed by atoms with Crippen LogP contribution in [0.15, 0.2) is 35.5 Å². The second kappa shape index (κ2) is 7.63. The molecule has 0 aliphatic carbocycles. The molecule has 0 atom stereocenters. The number of imidazole rings is 1. The van der Waals surface area contributed by atoms with Crippen molar-refractivity contribution in [2.45, 2.75) is 16.9 Å². The molecule has 1 aromatic carbocycles. The van der Waals surface area contributed by atoms with E-state index in [1.54, 1.807) is 11.1 Å². The van der Waals surface area contributed by atoms with Crippen LogP contribution in [0.3, 0.4) is 0 Å². The summed E-state index contributed by atoms with van der Waals surface area (Å²) in [6.45, 7) is 2.52. The van der Waals surface area contributed by atoms with Crippen LogP contribution in [0.1, 0.15) is 5.82 Å². The Kier molecular flexibility index (Phi) is 5.54. The van der Waals surface area contributed by atoms with Gasteiger partial charge in [0.2, 0.25) is 0 Å². The van der Waals surface area contributed by atoms with Crippen molar-refractivity contribution in [3.05, 3.63) is 46.5 Å². The standard InChI is InChI=1S/C16H18F3N5O4S/c1-21-5-4-20-15(21)11-22-6-8-23(9-7-22)13-3-2-12(10-14(13)24(25)26)29(27,28)16(17,18)19/h2-5,10H,6-9,11H2,1H3. The van der Waals surface area contributed by atoms with E-state index in [0.717, 1.165) is 18.0 Å². The van der Waals surface area contributed by atoms with Gasteiger partial charge in [-0.3, -0.25) is 15.0 Å². The second-order valence-electron chi connectivity index (χ2n) is 6.57. The SMILES string of the molecule is Cn1ccnc1CN1CCN(c2ccc(S(=O)(=O)C(F)(F)F)cc2[N+](=O)[O-])CC1. The Morgan fingerprint density at radius 1 is 1.21 bits per heavy atom. The molecule has 1 aromatic heterocycles. The molecule has 1 fully saturated rings. The number of nitro groups is 1. The van der Waals surface area contributed by atoms with Crippen LogP contribution in [0.4, 0.5) is 24.5 Å². The summed E-state index contributed by atoms with van der Waals surface area (Å²) in [5, 5.41) is 11.4. The summed E-state index contributed by atoms with van der Waals surface area (Å²) < 4.78 is 63.3. The summed E-state index contributed by atoms with van der Waals surface area (Å²) in [4.78, 5) is 17.4. The van der Waals surface area contributed by atoms with E-state index in [1.165, 1.54) is 0 Å². The molecule has 0 N–H and O–H groups in total. The molecular formula is C16H18F3N5O4S. The number of nitrogens with zero attached hydrogens (tertiary/aromatic N) is 5. The van der Waals surface area contributed by atoms with Gasteiger partial charge in [0, 0.05) is 51.7 Å². The number of benzene rings is 1. The Morgan fingerprint density at radius 3 is 2.38 bits per heavy atom. The van der Waals surface area contributed by atoms with Gasteiger partial charge in [0.25, 0.3) is 15.5 Å². The van der Waals surface area contributed by atoms with E-state index >= 15 is 0 Å². The molecule has 1 aliphatic heterocycles. The number of hydrogen-bond acceptors (Lipinski definition) is 7. The highest BCUT2D eigenvalue weighted by Gasteiger charge is 2.47. The van der Waals surface area contributed by atoms with Crippen molar-refractivity contribution in [2.24, 2.45) is 7.05 Å². The zero-order valence-corrected chi connectivity index (χ0v) is 16.1. The Balaban J connectivity index is 1.79. The van der Waals surface area contributed by atoms with E-state index in [2.05, 4.69) is 9.88 Å². The molecule has 158 valence electrons. The fourth-order valence-electron chi connectivity index (χ4n) is 3.11. The molecule has 0 amide bonds. The zero-order chi connectivity index (χ0) is 21.4. The molecule has 1 saturated heterocycles. The lowest BCUT2D eigenvalue weighted by Gasteiger charge is -2.35. The number of hydrogen-bond donors (Lipinski definition) is 0. The van der Waals surface area contributed by atoms with Gasteiger partial charge < -0.3 is 9.47 Å². The average molecular weight is 433 g/mol. The maximum atomic E-state index is 12.8. The Morgan fingerprint density at radius 2 is 1.86 bits per heavy atom. The predicted molar refractivity (Wildman–Crippen MR) is 97.0 cm³/mol. The predicted octanol–water partition coefficient (Wildman–Crippen LogP) is 1.94. The number of alkyl halides is 3. The number of piperazine rings is 1. The third-order valence-corrected chi connectivity index (χ3v) is 6.24. The van der Waals surface area contributed by atoms with Gasteiger partial charge in [0.1, 0.15) is 11.5 Å². The summed E-state index contributed by atoms with van der Waals surface area (Å²) in [5.41, 5.74) is -6.11. The maximum absolute atomic E-state index is 12.8. The van der Waals surface area contributed by atoms with Gasteiger partial charge in [-0.15, -0.1) is 0 Å². The van der Waals surface area contributed by atoms with Crippen LogP contribution in [0.2, 0.25) is 0 Å². The van der Waals surface area contributed by atoms with Crippen LogP contribution >= 0.6 is 0 Å². The molecule has 9 nitrogen and oxygen atoms in total. The lowest BCUT2D eigenvalue weighted by atomic mass is 10.2. The van der Waals surface area contributed by atoms with Crippen molar-refractivity contribution in [2.75, 3.05) is 31.1 Å². The summed E-state index contributed by atoms with van der Waals surface area (Å²) in [6, 6.07) is 2.29. The van der Waals surface area contributed by atoms with Crippen LogP contribution in [0.5, 0.6) is 0 Å². The minimum atomic E-state index is -5.66. The fourth-order valence-corrected chi connectivity index (χ4v) is 3.89. The molecule has 13 heteroatoms. The van der Waals surface area contributed by atoms with E-state index in [4.69, 9.17) is 0 Å². The highest BCUT2D eigenvalue weighted by molar-refractivity contribution is 7.92. The van der Waals surface area contributed by atoms with Crippen LogP contribution in [-0.2, 0) is 23.4 Å². The van der Waals surface area contributed by atoms with Gasteiger partial charge in [0.15, 0.2) is 0 Å². The molecule has 0 spiro atoms. The number of rotatable bonds is 5. The molecule has 1 aliphatic rings. The Bertz CT molecular complexity index is 1010. The van der Waals surface area contributed by atoms with Crippen LogP contribution < -0.4 is 4.90 Å². The third kappa shape index (κ3) is 4.19. The van der Waals surface area contributed by atoms with Gasteiger partial charge in [0.05, 0.1) is 16.4 Å². The Hall–Kier alpha value is -2.67. The highest BCUT2D eigenvalue weighted by Crippen LogP contribution is 2.36. The lowest BCUT2D eigenvalue weighted by Crippen LogP contribution is -2.46. The molecule has 0 bridgehead atoms. The number of sulfone groups is 1. The van der Waals surface area contributed by atoms with Crippen molar-refractivity contribution in [1.82, 2.24) is 14.5 Å². The average Bonchev–Trinajstić information content (AvgIpc) is 3.05. The van der Waals surface area contributed by atoms with Gasteiger partial charge in [-0.1, -0.05) is 0 Å². The topological polar surface area (TPSA) is 102 Å². The third-order valence-electron chi connectivity index (χ3n) is 4.76. The normalized spacial score (nSPS) is 16.2. The largest absolute Gasteiger partial charge is 0.501 e. The first kappa shape index (κ1) is 21.0. The van der Waals surface area contributed by atoms with E-state index in [1.807, 2.05) is 17.8 Å². The first-order valence-corrected chi connectivity index (χ1v) is 10.0. The Labute approximate surface area is 164 Å². The number of nitro benzene ring substituents is 1. The van der Waals surface area contributed by atoms with Crippen molar-refractivity contribution >= 4 is 21.2 Å². The molecule has 0 radical (unpaired) electrons. The number of halogens is 3. The van der Waals surface area contributed by atoms with E-state index in [-0.39, 0.29) is 5.69 Å². The summed E-state index contributed by atoms with van der Waals surface area (Å²) in [7, 11) is -3.79. The highest BCUT2D eigenvalue weighted by atomic mass is 32.2. The first-order chi connectivity index (χ1) is 13.5. The molecule has 2 aromatic rings. The zero-order valence-electron chi connectivity index (χ0n) is 15.3. The fraction of sp³-hybridized carbons (Fsp3) is 0.438. The minimum Gasteiger partial charge on any atom is -0.363 e. The van der Waals surface area contributed by atoms with Gasteiger partial charge in [-0.25, -0.2) is 13.4 Å².